The van der Waals surface area contributed by atoms with Crippen LogP contribution in [0.2, 0.25) is 0 Å². The van der Waals surface area contributed by atoms with Crippen LogP contribution >= 0.6 is 0 Å². The summed E-state index contributed by atoms with van der Waals surface area (Å²) in [4.78, 5) is 15.7. The van der Waals surface area contributed by atoms with Gasteiger partial charge in [0.1, 0.15) is 11.9 Å². The van der Waals surface area contributed by atoms with E-state index < -0.39 is 6.10 Å². The van der Waals surface area contributed by atoms with E-state index >= 15 is 0 Å². The molecule has 18 heavy (non-hydrogen) atoms. The third-order valence-electron chi connectivity index (χ3n) is 2.23. The molecule has 0 fully saturated rings. The lowest BCUT2D eigenvalue weighted by Gasteiger charge is -2.12. The van der Waals surface area contributed by atoms with Crippen LogP contribution in [0.25, 0.3) is 0 Å². The largest absolute Gasteiger partial charge is 0.368 e. The Hall–Kier alpha value is -1.88. The average molecular weight is 249 g/mol. The van der Waals surface area contributed by atoms with Crippen LogP contribution in [0, 0.1) is 0 Å². The molecule has 0 saturated carbocycles. The standard InChI is InChI=1S/C13H19N3O2/c1-3-10-18-11(2)13(17)16-9-8-15-12-6-4-5-7-14-12/h3-7,11H,1,8-10H2,2H3,(H,14,15)(H,16,17). The van der Waals surface area contributed by atoms with E-state index in [0.29, 0.717) is 19.7 Å². The summed E-state index contributed by atoms with van der Waals surface area (Å²) < 4.78 is 5.21. The van der Waals surface area contributed by atoms with E-state index in [1.165, 1.54) is 0 Å². The van der Waals surface area contributed by atoms with Gasteiger partial charge in [0, 0.05) is 19.3 Å². The van der Waals surface area contributed by atoms with Crippen LogP contribution < -0.4 is 10.6 Å². The fourth-order valence-electron chi connectivity index (χ4n) is 1.28. The molecule has 0 aliphatic carbocycles. The molecule has 1 unspecified atom stereocenters. The summed E-state index contributed by atoms with van der Waals surface area (Å²) in [5.41, 5.74) is 0. The van der Waals surface area contributed by atoms with E-state index in [1.807, 2.05) is 18.2 Å². The molecule has 0 bridgehead atoms. The van der Waals surface area contributed by atoms with E-state index in [-0.39, 0.29) is 5.91 Å². The highest BCUT2D eigenvalue weighted by molar-refractivity contribution is 5.80. The number of rotatable bonds is 8. The Balaban J connectivity index is 2.14. The lowest BCUT2D eigenvalue weighted by Crippen LogP contribution is -2.37. The van der Waals surface area contributed by atoms with Crippen molar-refractivity contribution in [1.29, 1.82) is 0 Å². The number of aromatic nitrogens is 1. The fraction of sp³-hybridized carbons (Fsp3) is 0.385. The predicted molar refractivity (Wildman–Crippen MR) is 71.3 cm³/mol. The van der Waals surface area contributed by atoms with Crippen molar-refractivity contribution in [3.8, 4) is 0 Å². The van der Waals surface area contributed by atoms with Crippen LogP contribution in [0.4, 0.5) is 5.82 Å². The maximum absolute atomic E-state index is 11.5. The molecule has 1 rings (SSSR count). The Bertz CT molecular complexity index is 368. The Morgan fingerprint density at radius 1 is 1.56 bits per heavy atom. The van der Waals surface area contributed by atoms with Gasteiger partial charge < -0.3 is 15.4 Å². The molecular formula is C13H19N3O2. The highest BCUT2D eigenvalue weighted by atomic mass is 16.5. The van der Waals surface area contributed by atoms with E-state index in [4.69, 9.17) is 4.74 Å². The molecule has 2 N–H and O–H groups in total. The van der Waals surface area contributed by atoms with Crippen molar-refractivity contribution in [3.63, 3.8) is 0 Å². The van der Waals surface area contributed by atoms with Crippen LogP contribution in [-0.2, 0) is 9.53 Å². The van der Waals surface area contributed by atoms with E-state index in [2.05, 4.69) is 22.2 Å². The van der Waals surface area contributed by atoms with Gasteiger partial charge >= 0.3 is 0 Å². The van der Waals surface area contributed by atoms with Crippen molar-refractivity contribution >= 4 is 11.7 Å². The zero-order chi connectivity index (χ0) is 13.2. The zero-order valence-corrected chi connectivity index (χ0v) is 10.6. The van der Waals surface area contributed by atoms with Gasteiger partial charge in [0.2, 0.25) is 5.91 Å². The third kappa shape index (κ3) is 5.45. The van der Waals surface area contributed by atoms with Crippen molar-refractivity contribution < 1.29 is 9.53 Å². The number of pyridine rings is 1. The number of ether oxygens (including phenoxy) is 1. The number of amides is 1. The Kier molecular flexibility index (Phi) is 6.50. The minimum absolute atomic E-state index is 0.125. The molecule has 1 atom stereocenters. The fourth-order valence-corrected chi connectivity index (χ4v) is 1.28. The van der Waals surface area contributed by atoms with Crippen molar-refractivity contribution in [2.75, 3.05) is 25.0 Å². The number of nitrogens with one attached hydrogen (secondary N) is 2. The molecule has 1 amide bonds. The molecule has 0 spiro atoms. The second-order valence-corrected chi connectivity index (χ2v) is 3.70. The molecule has 5 nitrogen and oxygen atoms in total. The first kappa shape index (κ1) is 14.2. The van der Waals surface area contributed by atoms with Crippen molar-refractivity contribution in [1.82, 2.24) is 10.3 Å². The molecule has 1 heterocycles. The minimum atomic E-state index is -0.460. The van der Waals surface area contributed by atoms with Gasteiger partial charge in [-0.25, -0.2) is 4.98 Å². The number of carbonyl (C=O) groups excluding carboxylic acids is 1. The molecule has 0 aromatic carbocycles. The first-order valence-corrected chi connectivity index (χ1v) is 5.89. The van der Waals surface area contributed by atoms with Crippen LogP contribution in [0.1, 0.15) is 6.92 Å². The summed E-state index contributed by atoms with van der Waals surface area (Å²) in [6.07, 6.45) is 2.87. The van der Waals surface area contributed by atoms with Gasteiger partial charge in [-0.3, -0.25) is 4.79 Å². The third-order valence-corrected chi connectivity index (χ3v) is 2.23. The van der Waals surface area contributed by atoms with Gasteiger partial charge in [-0.1, -0.05) is 12.1 Å². The number of nitrogens with zero attached hydrogens (tertiary/aromatic N) is 1. The van der Waals surface area contributed by atoms with E-state index in [1.54, 1.807) is 19.2 Å². The zero-order valence-electron chi connectivity index (χ0n) is 10.6. The summed E-state index contributed by atoms with van der Waals surface area (Å²) in [7, 11) is 0. The van der Waals surface area contributed by atoms with Gasteiger partial charge in [0.25, 0.3) is 0 Å². The van der Waals surface area contributed by atoms with Crippen molar-refractivity contribution in [2.24, 2.45) is 0 Å². The molecule has 0 saturated heterocycles. The molecule has 0 radical (unpaired) electrons. The molecule has 0 aliphatic rings. The second kappa shape index (κ2) is 8.25. The molecule has 5 heteroatoms. The number of carbonyl (C=O) groups is 1. The van der Waals surface area contributed by atoms with Crippen molar-refractivity contribution in [2.45, 2.75) is 13.0 Å². The van der Waals surface area contributed by atoms with E-state index in [9.17, 15) is 4.79 Å². The lowest BCUT2D eigenvalue weighted by molar-refractivity contribution is -0.130. The van der Waals surface area contributed by atoms with Crippen molar-refractivity contribution in [3.05, 3.63) is 37.1 Å². The van der Waals surface area contributed by atoms with Gasteiger partial charge in [0.15, 0.2) is 0 Å². The van der Waals surface area contributed by atoms with Crippen LogP contribution in [0.5, 0.6) is 0 Å². The highest BCUT2D eigenvalue weighted by Gasteiger charge is 2.11. The predicted octanol–water partition coefficient (Wildman–Crippen LogP) is 1.20. The Morgan fingerprint density at radius 3 is 3.06 bits per heavy atom. The highest BCUT2D eigenvalue weighted by Crippen LogP contribution is 1.98. The normalized spacial score (nSPS) is 11.6. The topological polar surface area (TPSA) is 63.2 Å². The first-order chi connectivity index (χ1) is 8.74. The quantitative estimate of drug-likeness (QED) is 0.537. The van der Waals surface area contributed by atoms with Gasteiger partial charge in [-0.2, -0.15) is 0 Å². The summed E-state index contributed by atoms with van der Waals surface area (Å²) in [5, 5.41) is 5.87. The maximum Gasteiger partial charge on any atom is 0.248 e. The molecule has 98 valence electrons. The molecule has 1 aromatic heterocycles. The van der Waals surface area contributed by atoms with Crippen LogP contribution in [0.15, 0.2) is 37.1 Å². The summed E-state index contributed by atoms with van der Waals surface area (Å²) >= 11 is 0. The lowest BCUT2D eigenvalue weighted by atomic mass is 10.3. The summed E-state index contributed by atoms with van der Waals surface area (Å²) in [6.45, 7) is 6.76. The Labute approximate surface area is 107 Å². The average Bonchev–Trinajstić information content (AvgIpc) is 2.41. The first-order valence-electron chi connectivity index (χ1n) is 5.89. The second-order valence-electron chi connectivity index (χ2n) is 3.70. The number of hydrogen-bond donors (Lipinski definition) is 2. The number of anilines is 1. The Morgan fingerprint density at radius 2 is 2.39 bits per heavy atom. The SMILES string of the molecule is C=CCOC(C)C(=O)NCCNc1ccccn1. The monoisotopic (exact) mass is 249 g/mol. The smallest absolute Gasteiger partial charge is 0.248 e. The molecule has 0 aliphatic heterocycles. The van der Waals surface area contributed by atoms with Gasteiger partial charge in [-0.15, -0.1) is 6.58 Å². The molecule has 1 aromatic rings. The maximum atomic E-state index is 11.5. The minimum Gasteiger partial charge on any atom is -0.368 e. The van der Waals surface area contributed by atoms with Crippen LogP contribution in [-0.4, -0.2) is 36.7 Å². The van der Waals surface area contributed by atoms with Gasteiger partial charge in [-0.05, 0) is 19.1 Å². The number of hydrogen-bond acceptors (Lipinski definition) is 4. The van der Waals surface area contributed by atoms with E-state index in [0.717, 1.165) is 5.82 Å². The molecular weight excluding hydrogens is 230 g/mol. The summed E-state index contributed by atoms with van der Waals surface area (Å²) in [5.74, 6) is 0.669. The summed E-state index contributed by atoms with van der Waals surface area (Å²) in [6, 6.07) is 5.63. The van der Waals surface area contributed by atoms with Crippen LogP contribution in [0.3, 0.4) is 0 Å². The van der Waals surface area contributed by atoms with Gasteiger partial charge in [0.05, 0.1) is 6.61 Å².